The van der Waals surface area contributed by atoms with Crippen LogP contribution < -0.4 is 9.80 Å². The van der Waals surface area contributed by atoms with E-state index in [1.807, 2.05) is 0 Å². The molecule has 0 fully saturated rings. The van der Waals surface area contributed by atoms with Crippen LogP contribution >= 0.6 is 0 Å². The first-order valence-electron chi connectivity index (χ1n) is 22.4. The van der Waals surface area contributed by atoms with Crippen LogP contribution in [0.5, 0.6) is 0 Å². The van der Waals surface area contributed by atoms with Crippen molar-refractivity contribution in [2.24, 2.45) is 0 Å². The third-order valence-corrected chi connectivity index (χ3v) is 13.0. The molecule has 310 valence electrons. The van der Waals surface area contributed by atoms with Crippen molar-refractivity contribution in [1.29, 1.82) is 0 Å². The summed E-state index contributed by atoms with van der Waals surface area (Å²) in [5.41, 5.74) is 14.3. The minimum absolute atomic E-state index is 0.749. The van der Waals surface area contributed by atoms with Gasteiger partial charge in [0.25, 0.3) is 0 Å². The van der Waals surface area contributed by atoms with E-state index in [-0.39, 0.29) is 0 Å². The highest BCUT2D eigenvalue weighted by molar-refractivity contribution is 6.27. The van der Waals surface area contributed by atoms with Gasteiger partial charge in [0, 0.05) is 61.4 Å². The van der Waals surface area contributed by atoms with Crippen LogP contribution in [0.2, 0.25) is 0 Å². The summed E-state index contributed by atoms with van der Waals surface area (Å²) in [4.78, 5) is 4.64. The summed E-state index contributed by atoms with van der Waals surface area (Å²) in [6, 6.07) is 86.2. The minimum atomic E-state index is 0.749. The van der Waals surface area contributed by atoms with Gasteiger partial charge < -0.3 is 18.6 Å². The Hall–Kier alpha value is -8.86. The molecule has 13 rings (SSSR count). The van der Waals surface area contributed by atoms with Crippen LogP contribution in [-0.4, -0.2) is 0 Å². The highest BCUT2D eigenvalue weighted by atomic mass is 16.4. The first-order valence-corrected chi connectivity index (χ1v) is 22.4. The van der Waals surface area contributed by atoms with E-state index < -0.39 is 0 Å². The zero-order chi connectivity index (χ0) is 43.6. The number of anilines is 6. The Balaban J connectivity index is 0.942. The second-order valence-corrected chi connectivity index (χ2v) is 16.9. The first kappa shape index (κ1) is 37.7. The van der Waals surface area contributed by atoms with Crippen molar-refractivity contribution < 1.29 is 8.83 Å². The molecule has 0 aliphatic heterocycles. The molecule has 66 heavy (non-hydrogen) atoms. The van der Waals surface area contributed by atoms with Crippen molar-refractivity contribution >= 4 is 99.5 Å². The average molecular weight is 845 g/mol. The maximum Gasteiger partial charge on any atom is 0.178 e. The second-order valence-electron chi connectivity index (χ2n) is 16.9. The fourth-order valence-electron chi connectivity index (χ4n) is 9.86. The molecule has 4 nitrogen and oxygen atoms in total. The van der Waals surface area contributed by atoms with E-state index in [1.165, 1.54) is 22.3 Å². The molecule has 0 saturated heterocycles. The monoisotopic (exact) mass is 844 g/mol. The molecule has 0 N–H and O–H groups in total. The number of hydrogen-bond acceptors (Lipinski definition) is 4. The van der Waals surface area contributed by atoms with Gasteiger partial charge in [0.05, 0.1) is 5.69 Å². The summed E-state index contributed by atoms with van der Waals surface area (Å²) in [5.74, 6) is 0. The van der Waals surface area contributed by atoms with Crippen molar-refractivity contribution in [3.63, 3.8) is 0 Å². The summed E-state index contributed by atoms with van der Waals surface area (Å²) in [6.07, 6.45) is 0. The number of hydrogen-bond donors (Lipinski definition) is 0. The van der Waals surface area contributed by atoms with Crippen molar-refractivity contribution in [3.8, 4) is 22.3 Å². The van der Waals surface area contributed by atoms with Gasteiger partial charge in [-0.3, -0.25) is 0 Å². The third kappa shape index (κ3) is 6.30. The summed E-state index contributed by atoms with van der Waals surface area (Å²) in [5, 5.41) is 8.68. The predicted octanol–water partition coefficient (Wildman–Crippen LogP) is 18.1. The van der Waals surface area contributed by atoms with Crippen LogP contribution in [0.4, 0.5) is 34.1 Å². The lowest BCUT2D eigenvalue weighted by Crippen LogP contribution is -2.10. The molecule has 0 spiro atoms. The van der Waals surface area contributed by atoms with E-state index >= 15 is 0 Å². The van der Waals surface area contributed by atoms with E-state index in [1.54, 1.807) is 0 Å². The average Bonchev–Trinajstić information content (AvgIpc) is 3.95. The SMILES string of the molecule is c1ccc(-c2ccc(N(c3ccccc3)c3ccc4cc5c(cc4c3)oc3c5ccc4c3oc3cc(N(c5ccccc5)c5ccc(-c6ccccc6)cc5)c5ccccc5c34)cc2)cc1. The number of fused-ring (bicyclic) bond motifs is 10. The molecular formula is C62H40N2O2. The number of nitrogens with zero attached hydrogens (tertiary/aromatic N) is 2. The molecule has 0 aliphatic rings. The molecule has 4 heteroatoms. The summed E-state index contributed by atoms with van der Waals surface area (Å²) in [6.45, 7) is 0. The summed E-state index contributed by atoms with van der Waals surface area (Å²) < 4.78 is 13.9. The van der Waals surface area contributed by atoms with Crippen LogP contribution in [0.25, 0.3) is 87.7 Å². The van der Waals surface area contributed by atoms with Gasteiger partial charge in [-0.25, -0.2) is 0 Å². The van der Waals surface area contributed by atoms with E-state index in [9.17, 15) is 0 Å². The smallest absolute Gasteiger partial charge is 0.178 e. The fraction of sp³-hybridized carbons (Fsp3) is 0. The van der Waals surface area contributed by atoms with Gasteiger partial charge in [0.1, 0.15) is 11.2 Å². The van der Waals surface area contributed by atoms with Gasteiger partial charge in [-0.05, 0) is 123 Å². The quantitative estimate of drug-likeness (QED) is 0.153. The molecule has 0 amide bonds. The van der Waals surface area contributed by atoms with Gasteiger partial charge in [-0.1, -0.05) is 152 Å². The maximum atomic E-state index is 7.00. The number of furan rings is 2. The molecule has 11 aromatic carbocycles. The Morgan fingerprint density at radius 3 is 1.36 bits per heavy atom. The molecule has 13 aromatic rings. The lowest BCUT2D eigenvalue weighted by molar-refractivity contribution is 0.633. The van der Waals surface area contributed by atoms with E-state index in [2.05, 4.69) is 252 Å². The normalized spacial score (nSPS) is 11.6. The van der Waals surface area contributed by atoms with E-state index in [4.69, 9.17) is 8.83 Å². The molecule has 2 heterocycles. The van der Waals surface area contributed by atoms with Crippen LogP contribution in [0.3, 0.4) is 0 Å². The molecule has 0 unspecified atom stereocenters. The van der Waals surface area contributed by atoms with Crippen molar-refractivity contribution in [2.45, 2.75) is 0 Å². The lowest BCUT2D eigenvalue weighted by atomic mass is 9.99. The van der Waals surface area contributed by atoms with E-state index in [0.29, 0.717) is 0 Å². The van der Waals surface area contributed by atoms with Crippen molar-refractivity contribution in [1.82, 2.24) is 0 Å². The molecule has 0 radical (unpaired) electrons. The highest BCUT2D eigenvalue weighted by Crippen LogP contribution is 2.47. The van der Waals surface area contributed by atoms with Gasteiger partial charge >= 0.3 is 0 Å². The van der Waals surface area contributed by atoms with Crippen molar-refractivity contribution in [3.05, 3.63) is 243 Å². The first-order chi connectivity index (χ1) is 32.7. The van der Waals surface area contributed by atoms with Crippen LogP contribution in [0, 0.1) is 0 Å². The minimum Gasteiger partial charge on any atom is -0.452 e. The Labute approximate surface area is 381 Å². The summed E-state index contributed by atoms with van der Waals surface area (Å²) >= 11 is 0. The Morgan fingerprint density at radius 2 is 0.727 bits per heavy atom. The number of benzene rings is 11. The third-order valence-electron chi connectivity index (χ3n) is 13.0. The molecule has 0 atom stereocenters. The maximum absolute atomic E-state index is 7.00. The topological polar surface area (TPSA) is 32.8 Å². The second kappa shape index (κ2) is 15.4. The Bertz CT molecular complexity index is 3900. The Kier molecular flexibility index (Phi) is 8.81. The van der Waals surface area contributed by atoms with Crippen LogP contribution in [0.1, 0.15) is 0 Å². The fourth-order valence-corrected chi connectivity index (χ4v) is 9.86. The van der Waals surface area contributed by atoms with Crippen LogP contribution in [-0.2, 0) is 0 Å². The Morgan fingerprint density at radius 1 is 0.258 bits per heavy atom. The largest absolute Gasteiger partial charge is 0.452 e. The predicted molar refractivity (Wildman–Crippen MR) is 276 cm³/mol. The molecular weight excluding hydrogens is 805 g/mol. The molecule has 2 aromatic heterocycles. The van der Waals surface area contributed by atoms with Gasteiger partial charge in [-0.15, -0.1) is 0 Å². The van der Waals surface area contributed by atoms with Gasteiger partial charge in [0.2, 0.25) is 0 Å². The zero-order valence-corrected chi connectivity index (χ0v) is 35.8. The van der Waals surface area contributed by atoms with E-state index in [0.717, 1.165) is 99.5 Å². The highest BCUT2D eigenvalue weighted by Gasteiger charge is 2.23. The summed E-state index contributed by atoms with van der Waals surface area (Å²) in [7, 11) is 0. The van der Waals surface area contributed by atoms with Crippen LogP contribution in [0.15, 0.2) is 251 Å². The standard InChI is InChI=1S/C62H40N2O2/c1-5-15-41(16-6-1)43-25-30-49(31-26-43)63(47-19-9-3-10-20-47)51-34-29-45-38-56-54-35-36-55-60-53-24-14-13-23-52(53)57(40-59(60)66-62(55)61(54)65-58(56)39-46(45)37-51)64(48-21-11-4-12-22-48)50-32-27-44(28-33-50)42-17-7-2-8-18-42/h1-40H. The lowest BCUT2D eigenvalue weighted by Gasteiger charge is -2.27. The van der Waals surface area contributed by atoms with Crippen molar-refractivity contribution in [2.75, 3.05) is 9.80 Å². The molecule has 0 aliphatic carbocycles. The van der Waals surface area contributed by atoms with Gasteiger partial charge in [-0.2, -0.15) is 0 Å². The molecule has 0 bridgehead atoms. The number of rotatable bonds is 8. The molecule has 0 saturated carbocycles. The zero-order valence-electron chi connectivity index (χ0n) is 35.8. The number of para-hydroxylation sites is 2. The van der Waals surface area contributed by atoms with Gasteiger partial charge in [0.15, 0.2) is 11.2 Å².